The Morgan fingerprint density at radius 3 is 1.82 bits per heavy atom. The van der Waals surface area contributed by atoms with Gasteiger partial charge in [0.05, 0.1) is 5.73 Å². The first-order valence-electron chi connectivity index (χ1n) is 13.3. The van der Waals surface area contributed by atoms with Crippen molar-refractivity contribution in [3.8, 4) is 0 Å². The predicted octanol–water partition coefficient (Wildman–Crippen LogP) is 2.76. The molecule has 1 aliphatic heterocycles. The Hall–Kier alpha value is -2.30. The standard InChI is InChI=1S/C31H38O6SSi/c1-5-38-29-31(36,26(33)21-15-9-6-10-16-21)27(34)24(32)25(37-29)28(35)39(30(2,3)4,22-17-11-7-12-18-22)23-19-13-8-14-20-23/h6-20,24-25,27-29,32,34-36H,5H2,1-4H3/t24-,25-,27-,28?,29-,31+/m0/s1. The summed E-state index contributed by atoms with van der Waals surface area (Å²) in [6.45, 7) is 8.07. The molecule has 39 heavy (non-hydrogen) atoms. The molecule has 6 atom stereocenters. The van der Waals surface area contributed by atoms with Crippen molar-refractivity contribution in [2.75, 3.05) is 5.75 Å². The molecule has 1 aliphatic rings. The molecule has 0 radical (unpaired) electrons. The van der Waals surface area contributed by atoms with Crippen LogP contribution in [-0.4, -0.2) is 75.1 Å². The van der Waals surface area contributed by atoms with Gasteiger partial charge in [-0.3, -0.25) is 4.79 Å². The molecule has 0 amide bonds. The number of benzene rings is 3. The number of ketones is 1. The van der Waals surface area contributed by atoms with Crippen molar-refractivity contribution in [2.24, 2.45) is 0 Å². The summed E-state index contributed by atoms with van der Waals surface area (Å²) in [5.74, 6) is -0.265. The average Bonchev–Trinajstić information content (AvgIpc) is 2.94. The fraction of sp³-hybridized carbons (Fsp3) is 0.387. The van der Waals surface area contributed by atoms with E-state index in [2.05, 4.69) is 20.8 Å². The maximum Gasteiger partial charge on any atom is 0.200 e. The summed E-state index contributed by atoms with van der Waals surface area (Å²) in [6, 6.07) is 27.7. The maximum atomic E-state index is 13.6. The highest BCUT2D eigenvalue weighted by Crippen LogP contribution is 2.44. The van der Waals surface area contributed by atoms with Crippen LogP contribution in [0.4, 0.5) is 0 Å². The molecule has 1 fully saturated rings. The van der Waals surface area contributed by atoms with Gasteiger partial charge in [-0.15, -0.1) is 11.8 Å². The van der Waals surface area contributed by atoms with Crippen molar-refractivity contribution in [1.29, 1.82) is 0 Å². The van der Waals surface area contributed by atoms with Crippen molar-refractivity contribution >= 4 is 36.0 Å². The number of thioether (sulfide) groups is 1. The Balaban J connectivity index is 1.86. The number of hydrogen-bond acceptors (Lipinski definition) is 7. The van der Waals surface area contributed by atoms with E-state index < -0.39 is 54.0 Å². The van der Waals surface area contributed by atoms with Gasteiger partial charge in [0.2, 0.25) is 5.78 Å². The van der Waals surface area contributed by atoms with E-state index in [4.69, 9.17) is 4.74 Å². The number of hydrogen-bond donors (Lipinski definition) is 4. The zero-order valence-corrected chi connectivity index (χ0v) is 24.6. The van der Waals surface area contributed by atoms with Crippen LogP contribution in [0.3, 0.4) is 0 Å². The van der Waals surface area contributed by atoms with Crippen LogP contribution >= 0.6 is 11.8 Å². The normalized spacial score (nSPS) is 26.7. The van der Waals surface area contributed by atoms with Crippen LogP contribution in [0.25, 0.3) is 0 Å². The van der Waals surface area contributed by atoms with Crippen LogP contribution in [0.1, 0.15) is 38.1 Å². The molecule has 8 heteroatoms. The van der Waals surface area contributed by atoms with Crippen molar-refractivity contribution in [2.45, 2.75) is 67.8 Å². The van der Waals surface area contributed by atoms with Crippen molar-refractivity contribution in [1.82, 2.24) is 0 Å². The third kappa shape index (κ3) is 5.04. The number of Topliss-reactive ketones (excluding diaryl/α,β-unsaturated/α-hetero) is 1. The number of carbonyl (C=O) groups is 1. The van der Waals surface area contributed by atoms with Gasteiger partial charge in [-0.2, -0.15) is 0 Å². The average molecular weight is 567 g/mol. The number of aliphatic hydroxyl groups is 4. The minimum absolute atomic E-state index is 0.197. The second-order valence-corrected chi connectivity index (χ2v) is 17.3. The van der Waals surface area contributed by atoms with Crippen LogP contribution in [-0.2, 0) is 4.74 Å². The Bertz CT molecular complexity index is 1200. The molecule has 3 aromatic rings. The number of aliphatic hydroxyl groups excluding tert-OH is 3. The summed E-state index contributed by atoms with van der Waals surface area (Å²) < 4.78 is 6.34. The van der Waals surface area contributed by atoms with Gasteiger partial charge in [-0.1, -0.05) is 129 Å². The van der Waals surface area contributed by atoms with Gasteiger partial charge < -0.3 is 25.2 Å². The van der Waals surface area contributed by atoms with Gasteiger partial charge in [0.15, 0.2) is 13.7 Å². The van der Waals surface area contributed by atoms with E-state index in [-0.39, 0.29) is 5.56 Å². The second kappa shape index (κ2) is 11.7. The summed E-state index contributed by atoms with van der Waals surface area (Å²) in [6.07, 6.45) is -4.88. The van der Waals surface area contributed by atoms with Gasteiger partial charge >= 0.3 is 0 Å². The van der Waals surface area contributed by atoms with E-state index in [0.717, 1.165) is 22.1 Å². The van der Waals surface area contributed by atoms with Crippen LogP contribution in [0.5, 0.6) is 0 Å². The minimum atomic E-state index is -3.22. The smallest absolute Gasteiger partial charge is 0.200 e. The third-order valence-corrected chi connectivity index (χ3v) is 15.0. The molecule has 1 unspecified atom stereocenters. The summed E-state index contributed by atoms with van der Waals surface area (Å²) in [5.41, 5.74) is -4.67. The molecule has 6 nitrogen and oxygen atoms in total. The minimum Gasteiger partial charge on any atom is -0.393 e. The molecule has 4 rings (SSSR count). The lowest BCUT2D eigenvalue weighted by Crippen LogP contribution is -2.78. The lowest BCUT2D eigenvalue weighted by atomic mass is 9.82. The van der Waals surface area contributed by atoms with Crippen molar-refractivity contribution in [3.05, 3.63) is 96.6 Å². The van der Waals surface area contributed by atoms with Gasteiger partial charge in [0, 0.05) is 5.56 Å². The monoisotopic (exact) mass is 566 g/mol. The summed E-state index contributed by atoms with van der Waals surface area (Å²) in [5, 5.41) is 48.5. The highest BCUT2D eigenvalue weighted by molar-refractivity contribution is 7.99. The topological polar surface area (TPSA) is 107 Å². The van der Waals surface area contributed by atoms with E-state index >= 15 is 0 Å². The number of carbonyl (C=O) groups excluding carboxylic acids is 1. The van der Waals surface area contributed by atoms with Crippen LogP contribution in [0.15, 0.2) is 91.0 Å². The quantitative estimate of drug-likeness (QED) is 0.245. The highest BCUT2D eigenvalue weighted by atomic mass is 32.2. The molecule has 3 aromatic carbocycles. The van der Waals surface area contributed by atoms with E-state index in [1.165, 1.54) is 0 Å². The first-order chi connectivity index (χ1) is 18.5. The fourth-order valence-corrected chi connectivity index (χ4v) is 12.9. The van der Waals surface area contributed by atoms with Crippen LogP contribution < -0.4 is 10.4 Å². The van der Waals surface area contributed by atoms with Crippen LogP contribution in [0, 0.1) is 0 Å². The molecular weight excluding hydrogens is 528 g/mol. The van der Waals surface area contributed by atoms with Crippen LogP contribution in [0.2, 0.25) is 5.04 Å². The van der Waals surface area contributed by atoms with Gasteiger partial charge in [-0.25, -0.2) is 0 Å². The SMILES string of the molecule is CCS[C@@H]1O[C@H](C(O)[Si](c2ccccc2)(c2ccccc2)C(C)(C)C)[C@H](O)[C@H](O)[C@]1(O)C(=O)c1ccccc1. The lowest BCUT2D eigenvalue weighted by molar-refractivity contribution is -0.237. The first kappa shape index (κ1) is 29.7. The largest absolute Gasteiger partial charge is 0.393 e. The number of ether oxygens (including phenoxy) is 1. The molecule has 208 valence electrons. The van der Waals surface area contributed by atoms with Gasteiger partial charge in [-0.05, 0) is 10.8 Å². The predicted molar refractivity (Wildman–Crippen MR) is 158 cm³/mol. The second-order valence-electron chi connectivity index (χ2n) is 11.1. The first-order valence-corrected chi connectivity index (χ1v) is 16.4. The zero-order chi connectivity index (χ0) is 28.4. The Kier molecular flexibility index (Phi) is 8.88. The summed E-state index contributed by atoms with van der Waals surface area (Å²) >= 11 is 1.16. The number of rotatable bonds is 8. The molecule has 1 heterocycles. The molecular formula is C31H38O6SSi. The Morgan fingerprint density at radius 1 is 0.923 bits per heavy atom. The third-order valence-electron chi connectivity index (χ3n) is 7.86. The molecule has 0 aliphatic carbocycles. The molecule has 0 spiro atoms. The molecule has 1 saturated heterocycles. The maximum absolute atomic E-state index is 13.6. The van der Waals surface area contributed by atoms with E-state index in [0.29, 0.717) is 5.75 Å². The van der Waals surface area contributed by atoms with Crippen molar-refractivity contribution in [3.63, 3.8) is 0 Å². The molecule has 0 bridgehead atoms. The van der Waals surface area contributed by atoms with Gasteiger partial charge in [0.1, 0.15) is 23.7 Å². The molecule has 0 saturated carbocycles. The summed E-state index contributed by atoms with van der Waals surface area (Å²) in [4.78, 5) is 13.6. The van der Waals surface area contributed by atoms with E-state index in [1.54, 1.807) is 30.3 Å². The lowest BCUT2D eigenvalue weighted by Gasteiger charge is -2.54. The van der Waals surface area contributed by atoms with E-state index in [1.807, 2.05) is 67.6 Å². The highest BCUT2D eigenvalue weighted by Gasteiger charge is 2.64. The fourth-order valence-electron chi connectivity index (χ4n) is 6.01. The molecule has 0 aromatic heterocycles. The zero-order valence-electron chi connectivity index (χ0n) is 22.8. The summed E-state index contributed by atoms with van der Waals surface area (Å²) in [7, 11) is -3.22. The van der Waals surface area contributed by atoms with E-state index in [9.17, 15) is 25.2 Å². The Morgan fingerprint density at radius 2 is 1.38 bits per heavy atom. The Labute approximate surface area is 235 Å². The molecule has 4 N–H and O–H groups in total. The van der Waals surface area contributed by atoms with Gasteiger partial charge in [0.25, 0.3) is 0 Å². The van der Waals surface area contributed by atoms with Crippen molar-refractivity contribution < 1.29 is 30.0 Å².